The topological polar surface area (TPSA) is 56.8 Å². The molecule has 0 radical (unpaired) electrons. The van der Waals surface area contributed by atoms with Crippen molar-refractivity contribution < 1.29 is 19.1 Å². The molecular weight excluding hydrogens is 198 g/mol. The van der Waals surface area contributed by atoms with Gasteiger partial charge in [0, 0.05) is 6.08 Å². The van der Waals surface area contributed by atoms with Gasteiger partial charge in [-0.05, 0) is 13.0 Å². The van der Waals surface area contributed by atoms with E-state index in [0.29, 0.717) is 12.5 Å². The van der Waals surface area contributed by atoms with Gasteiger partial charge in [0.2, 0.25) is 5.88 Å². The molecule has 1 N–H and O–H groups in total. The molecular formula is C10H13NO4. The van der Waals surface area contributed by atoms with Crippen molar-refractivity contribution in [3.8, 4) is 0 Å². The van der Waals surface area contributed by atoms with Crippen LogP contribution in [0.1, 0.15) is 6.92 Å². The summed E-state index contributed by atoms with van der Waals surface area (Å²) in [6.45, 7) is 1.91. The van der Waals surface area contributed by atoms with Crippen molar-refractivity contribution >= 4 is 5.97 Å². The largest absolute Gasteiger partial charge is 0.464 e. The molecule has 0 unspecified atom stereocenters. The Kier molecular flexibility index (Phi) is 5.03. The molecule has 0 aliphatic carbocycles. The summed E-state index contributed by atoms with van der Waals surface area (Å²) in [5, 5.41) is 0. The van der Waals surface area contributed by atoms with Gasteiger partial charge in [0.25, 0.3) is 0 Å². The average molecular weight is 211 g/mol. The van der Waals surface area contributed by atoms with Crippen LogP contribution >= 0.6 is 0 Å². The summed E-state index contributed by atoms with van der Waals surface area (Å²) in [6.07, 6.45) is 8.48. The van der Waals surface area contributed by atoms with Crippen molar-refractivity contribution in [3.05, 3.63) is 36.4 Å². The number of rotatable bonds is 5. The molecule has 0 bridgehead atoms. The number of allylic oxidation sites excluding steroid dienone is 4. The lowest BCUT2D eigenvalue weighted by Crippen LogP contribution is -2.21. The SMILES string of the molecule is CCOC(=O)CONC1=CC=CC=CO1. The smallest absolute Gasteiger partial charge is 0.334 e. The first-order chi connectivity index (χ1) is 7.33. The number of hydrogen-bond donors (Lipinski definition) is 1. The predicted octanol–water partition coefficient (Wildman–Crippen LogP) is 1.01. The Bertz CT molecular complexity index is 294. The lowest BCUT2D eigenvalue weighted by Gasteiger charge is -2.08. The van der Waals surface area contributed by atoms with Crippen LogP contribution in [0.5, 0.6) is 0 Å². The molecule has 0 spiro atoms. The first-order valence-corrected chi connectivity index (χ1v) is 4.56. The van der Waals surface area contributed by atoms with E-state index < -0.39 is 5.97 Å². The van der Waals surface area contributed by atoms with E-state index in [9.17, 15) is 4.79 Å². The maximum atomic E-state index is 10.9. The van der Waals surface area contributed by atoms with Crippen molar-refractivity contribution in [2.45, 2.75) is 6.92 Å². The number of ether oxygens (including phenoxy) is 2. The van der Waals surface area contributed by atoms with Crippen LogP contribution in [0.2, 0.25) is 0 Å². The molecule has 15 heavy (non-hydrogen) atoms. The quantitative estimate of drug-likeness (QED) is 0.543. The van der Waals surface area contributed by atoms with Crippen LogP contribution in [0.3, 0.4) is 0 Å². The van der Waals surface area contributed by atoms with Gasteiger partial charge >= 0.3 is 5.97 Å². The standard InChI is InChI=1S/C10H13NO4/c1-2-13-10(12)8-15-11-9-6-4-3-5-7-14-9/h3-7,11H,2,8H2,1H3. The van der Waals surface area contributed by atoms with Crippen molar-refractivity contribution in [1.29, 1.82) is 0 Å². The molecule has 0 aromatic rings. The van der Waals surface area contributed by atoms with E-state index in [1.165, 1.54) is 6.26 Å². The van der Waals surface area contributed by atoms with E-state index >= 15 is 0 Å². The summed E-state index contributed by atoms with van der Waals surface area (Å²) < 4.78 is 9.74. The Morgan fingerprint density at radius 2 is 2.33 bits per heavy atom. The molecule has 82 valence electrons. The summed E-state index contributed by atoms with van der Waals surface area (Å²) in [5.41, 5.74) is 2.49. The van der Waals surface area contributed by atoms with Crippen LogP contribution < -0.4 is 5.48 Å². The van der Waals surface area contributed by atoms with Crippen molar-refractivity contribution in [2.24, 2.45) is 0 Å². The number of hydroxylamine groups is 1. The zero-order valence-corrected chi connectivity index (χ0v) is 8.43. The van der Waals surface area contributed by atoms with Crippen LogP contribution in [0.15, 0.2) is 36.4 Å². The number of esters is 1. The highest BCUT2D eigenvalue weighted by atomic mass is 16.7. The highest BCUT2D eigenvalue weighted by Crippen LogP contribution is 1.99. The lowest BCUT2D eigenvalue weighted by atomic mass is 10.5. The average Bonchev–Trinajstić information content (AvgIpc) is 2.47. The molecule has 5 nitrogen and oxygen atoms in total. The lowest BCUT2D eigenvalue weighted by molar-refractivity contribution is -0.151. The molecule has 1 aliphatic heterocycles. The van der Waals surface area contributed by atoms with Crippen LogP contribution in [-0.2, 0) is 19.1 Å². The van der Waals surface area contributed by atoms with Crippen LogP contribution in [0.25, 0.3) is 0 Å². The Morgan fingerprint density at radius 1 is 1.47 bits per heavy atom. The number of carbonyl (C=O) groups is 1. The van der Waals surface area contributed by atoms with E-state index in [1.54, 1.807) is 31.2 Å². The fourth-order valence-corrected chi connectivity index (χ4v) is 0.831. The third-order valence-corrected chi connectivity index (χ3v) is 1.41. The van der Waals surface area contributed by atoms with Gasteiger partial charge in [-0.3, -0.25) is 4.84 Å². The second-order valence-electron chi connectivity index (χ2n) is 2.56. The minimum Gasteiger partial charge on any atom is -0.464 e. The molecule has 0 aromatic carbocycles. The van der Waals surface area contributed by atoms with Crippen molar-refractivity contribution in [1.82, 2.24) is 5.48 Å². The summed E-state index contributed by atoms with van der Waals surface area (Å²) >= 11 is 0. The molecule has 0 atom stereocenters. The van der Waals surface area contributed by atoms with E-state index in [0.717, 1.165) is 0 Å². The van der Waals surface area contributed by atoms with Gasteiger partial charge in [0.05, 0.1) is 12.9 Å². The minimum absolute atomic E-state index is 0.165. The van der Waals surface area contributed by atoms with Gasteiger partial charge in [0.1, 0.15) is 0 Å². The van der Waals surface area contributed by atoms with Crippen LogP contribution in [0, 0.1) is 0 Å². The van der Waals surface area contributed by atoms with E-state index in [-0.39, 0.29) is 6.61 Å². The second kappa shape index (κ2) is 6.67. The van der Waals surface area contributed by atoms with Gasteiger partial charge in [-0.2, -0.15) is 0 Å². The summed E-state index contributed by atoms with van der Waals surface area (Å²) in [5.74, 6) is -0.0189. The van der Waals surface area contributed by atoms with Crippen LogP contribution in [0.4, 0.5) is 0 Å². The molecule has 0 fully saturated rings. The third kappa shape index (κ3) is 4.87. The first kappa shape index (κ1) is 11.3. The fraction of sp³-hybridized carbons (Fsp3) is 0.300. The van der Waals surface area contributed by atoms with E-state index in [2.05, 4.69) is 10.2 Å². The molecule has 5 heteroatoms. The second-order valence-corrected chi connectivity index (χ2v) is 2.56. The number of nitrogens with one attached hydrogen (secondary N) is 1. The first-order valence-electron chi connectivity index (χ1n) is 4.56. The summed E-state index contributed by atoms with van der Waals surface area (Å²) in [4.78, 5) is 15.7. The van der Waals surface area contributed by atoms with Crippen molar-refractivity contribution in [3.63, 3.8) is 0 Å². The molecule has 0 saturated carbocycles. The van der Waals surface area contributed by atoms with Gasteiger partial charge in [-0.1, -0.05) is 12.2 Å². The van der Waals surface area contributed by atoms with E-state index in [1.807, 2.05) is 0 Å². The monoisotopic (exact) mass is 211 g/mol. The normalized spacial score (nSPS) is 13.8. The van der Waals surface area contributed by atoms with Gasteiger partial charge in [-0.15, -0.1) is 0 Å². The Balaban J connectivity index is 2.20. The predicted molar refractivity (Wildman–Crippen MR) is 53.2 cm³/mol. The minimum atomic E-state index is -0.426. The highest BCUT2D eigenvalue weighted by Gasteiger charge is 2.02. The van der Waals surface area contributed by atoms with Gasteiger partial charge < -0.3 is 9.47 Å². The summed E-state index contributed by atoms with van der Waals surface area (Å²) in [6, 6.07) is 0. The fourth-order valence-electron chi connectivity index (χ4n) is 0.831. The van der Waals surface area contributed by atoms with Gasteiger partial charge in [0.15, 0.2) is 6.61 Å². The van der Waals surface area contributed by atoms with Crippen LogP contribution in [-0.4, -0.2) is 19.2 Å². The molecule has 0 amide bonds. The molecule has 1 aliphatic rings. The zero-order chi connectivity index (χ0) is 10.9. The Labute approximate surface area is 88.0 Å². The Morgan fingerprint density at radius 3 is 3.13 bits per heavy atom. The maximum Gasteiger partial charge on any atom is 0.334 e. The van der Waals surface area contributed by atoms with Crippen molar-refractivity contribution in [2.75, 3.05) is 13.2 Å². The molecule has 1 rings (SSSR count). The number of hydrogen-bond acceptors (Lipinski definition) is 5. The highest BCUT2D eigenvalue weighted by molar-refractivity contribution is 5.70. The van der Waals surface area contributed by atoms with E-state index in [4.69, 9.17) is 9.57 Å². The molecule has 1 heterocycles. The Hall–Kier alpha value is -1.75. The number of carbonyl (C=O) groups excluding carboxylic acids is 1. The maximum absolute atomic E-state index is 10.9. The summed E-state index contributed by atoms with van der Waals surface area (Å²) in [7, 11) is 0. The zero-order valence-electron chi connectivity index (χ0n) is 8.43. The van der Waals surface area contributed by atoms with Gasteiger partial charge in [-0.25, -0.2) is 10.3 Å². The third-order valence-electron chi connectivity index (χ3n) is 1.41. The molecule has 0 saturated heterocycles. The molecule has 0 aromatic heterocycles.